The van der Waals surface area contributed by atoms with Crippen molar-refractivity contribution in [1.82, 2.24) is 14.9 Å². The largest absolute Gasteiger partial charge is 0.497 e. The molecule has 4 rings (SSSR count). The molecule has 2 aromatic rings. The van der Waals surface area contributed by atoms with Crippen molar-refractivity contribution in [1.29, 1.82) is 0 Å². The molecule has 1 aromatic carbocycles. The summed E-state index contributed by atoms with van der Waals surface area (Å²) in [6.45, 7) is 3.94. The summed E-state index contributed by atoms with van der Waals surface area (Å²) >= 11 is 0. The van der Waals surface area contributed by atoms with Crippen LogP contribution >= 0.6 is 0 Å². The van der Waals surface area contributed by atoms with Crippen molar-refractivity contribution in [3.05, 3.63) is 42.4 Å². The standard InChI is InChI=1S/C20H25N3O3/c1-24-17-2-4-18(5-3-17)26-20-19(21-9-10-22-20)15-6-11-23(12-7-15)16-8-13-25-14-16/h2-5,9-10,15-16H,6-8,11-14H2,1H3. The Balaban J connectivity index is 1.44. The van der Waals surface area contributed by atoms with Crippen molar-refractivity contribution in [2.24, 2.45) is 0 Å². The Hall–Kier alpha value is -2.18. The summed E-state index contributed by atoms with van der Waals surface area (Å²) in [4.78, 5) is 11.6. The second kappa shape index (κ2) is 8.01. The molecule has 0 N–H and O–H groups in total. The van der Waals surface area contributed by atoms with Gasteiger partial charge in [0.15, 0.2) is 0 Å². The second-order valence-electron chi connectivity index (χ2n) is 6.85. The van der Waals surface area contributed by atoms with E-state index < -0.39 is 0 Å². The predicted octanol–water partition coefficient (Wildman–Crippen LogP) is 3.25. The quantitative estimate of drug-likeness (QED) is 0.821. The molecule has 2 fully saturated rings. The minimum Gasteiger partial charge on any atom is -0.497 e. The van der Waals surface area contributed by atoms with Crippen LogP contribution < -0.4 is 9.47 Å². The third-order valence-corrected chi connectivity index (χ3v) is 5.30. The number of likely N-dealkylation sites (tertiary alicyclic amines) is 1. The van der Waals surface area contributed by atoms with Crippen molar-refractivity contribution in [2.45, 2.75) is 31.2 Å². The highest BCUT2D eigenvalue weighted by atomic mass is 16.5. The molecule has 2 aliphatic rings. The van der Waals surface area contributed by atoms with Crippen LogP contribution in [0.4, 0.5) is 0 Å². The first-order chi connectivity index (χ1) is 12.8. The lowest BCUT2D eigenvalue weighted by molar-refractivity contribution is 0.121. The summed E-state index contributed by atoms with van der Waals surface area (Å²) in [5, 5.41) is 0. The molecular formula is C20H25N3O3. The van der Waals surface area contributed by atoms with Gasteiger partial charge in [-0.3, -0.25) is 9.88 Å². The Bertz CT molecular complexity index is 708. The van der Waals surface area contributed by atoms with Gasteiger partial charge in [0, 0.05) is 31.0 Å². The van der Waals surface area contributed by atoms with E-state index in [0.29, 0.717) is 17.8 Å². The molecule has 6 heteroatoms. The van der Waals surface area contributed by atoms with Crippen molar-refractivity contribution in [3.8, 4) is 17.4 Å². The SMILES string of the molecule is COc1ccc(Oc2nccnc2C2CCN(C3CCOC3)CC2)cc1. The summed E-state index contributed by atoms with van der Waals surface area (Å²) in [5.41, 5.74) is 0.964. The molecule has 3 heterocycles. The lowest BCUT2D eigenvalue weighted by Gasteiger charge is -2.35. The fourth-order valence-corrected chi connectivity index (χ4v) is 3.80. The molecule has 6 nitrogen and oxygen atoms in total. The molecular weight excluding hydrogens is 330 g/mol. The van der Waals surface area contributed by atoms with Crippen LogP contribution in [0, 0.1) is 0 Å². The zero-order valence-electron chi connectivity index (χ0n) is 15.1. The zero-order valence-corrected chi connectivity index (χ0v) is 15.1. The fourth-order valence-electron chi connectivity index (χ4n) is 3.80. The number of benzene rings is 1. The normalized spacial score (nSPS) is 21.7. The summed E-state index contributed by atoms with van der Waals surface area (Å²) in [7, 11) is 1.65. The first-order valence-electron chi connectivity index (χ1n) is 9.28. The Morgan fingerprint density at radius 1 is 1.00 bits per heavy atom. The number of hydrogen-bond acceptors (Lipinski definition) is 6. The summed E-state index contributed by atoms with van der Waals surface area (Å²) in [6, 6.07) is 8.13. The number of aromatic nitrogens is 2. The van der Waals surface area contributed by atoms with Crippen LogP contribution in [0.25, 0.3) is 0 Å². The lowest BCUT2D eigenvalue weighted by Crippen LogP contribution is -2.41. The van der Waals surface area contributed by atoms with E-state index >= 15 is 0 Å². The van der Waals surface area contributed by atoms with E-state index in [0.717, 1.165) is 62.8 Å². The van der Waals surface area contributed by atoms with Gasteiger partial charge in [-0.25, -0.2) is 4.98 Å². The zero-order chi connectivity index (χ0) is 17.8. The van der Waals surface area contributed by atoms with Crippen LogP contribution in [-0.2, 0) is 4.74 Å². The first kappa shape index (κ1) is 17.2. The third kappa shape index (κ3) is 3.81. The summed E-state index contributed by atoms with van der Waals surface area (Å²) in [5.74, 6) is 2.55. The van der Waals surface area contributed by atoms with Crippen LogP contribution in [0.1, 0.15) is 30.9 Å². The van der Waals surface area contributed by atoms with Crippen molar-refractivity contribution in [3.63, 3.8) is 0 Å². The highest BCUT2D eigenvalue weighted by molar-refractivity contribution is 5.35. The molecule has 0 aliphatic carbocycles. The number of methoxy groups -OCH3 is 1. The predicted molar refractivity (Wildman–Crippen MR) is 97.9 cm³/mol. The first-order valence-corrected chi connectivity index (χ1v) is 9.28. The van der Waals surface area contributed by atoms with E-state index in [2.05, 4.69) is 14.9 Å². The molecule has 2 saturated heterocycles. The molecule has 26 heavy (non-hydrogen) atoms. The highest BCUT2D eigenvalue weighted by Crippen LogP contribution is 2.34. The van der Waals surface area contributed by atoms with E-state index in [1.54, 1.807) is 19.5 Å². The van der Waals surface area contributed by atoms with Gasteiger partial charge in [0.05, 0.1) is 13.7 Å². The van der Waals surface area contributed by atoms with Crippen LogP contribution in [0.2, 0.25) is 0 Å². The minimum atomic E-state index is 0.385. The molecule has 0 spiro atoms. The maximum atomic E-state index is 6.03. The number of piperidine rings is 1. The third-order valence-electron chi connectivity index (χ3n) is 5.30. The Morgan fingerprint density at radius 3 is 2.42 bits per heavy atom. The van der Waals surface area contributed by atoms with Gasteiger partial charge in [-0.2, -0.15) is 0 Å². The molecule has 138 valence electrons. The average Bonchev–Trinajstić information content (AvgIpc) is 3.24. The van der Waals surface area contributed by atoms with Crippen molar-refractivity contribution >= 4 is 0 Å². The van der Waals surface area contributed by atoms with Gasteiger partial charge < -0.3 is 14.2 Å². The van der Waals surface area contributed by atoms with Crippen LogP contribution in [0.5, 0.6) is 17.4 Å². The molecule has 0 amide bonds. The van der Waals surface area contributed by atoms with Crippen molar-refractivity contribution in [2.75, 3.05) is 33.4 Å². The van der Waals surface area contributed by atoms with E-state index in [1.165, 1.54) is 0 Å². The molecule has 1 atom stereocenters. The van der Waals surface area contributed by atoms with E-state index in [9.17, 15) is 0 Å². The molecule has 1 aromatic heterocycles. The second-order valence-corrected chi connectivity index (χ2v) is 6.85. The smallest absolute Gasteiger partial charge is 0.241 e. The molecule has 1 unspecified atom stereocenters. The van der Waals surface area contributed by atoms with Crippen LogP contribution in [0.3, 0.4) is 0 Å². The van der Waals surface area contributed by atoms with Gasteiger partial charge in [-0.1, -0.05) is 0 Å². The number of rotatable bonds is 5. The monoisotopic (exact) mass is 355 g/mol. The van der Waals surface area contributed by atoms with E-state index in [-0.39, 0.29) is 0 Å². The van der Waals surface area contributed by atoms with Crippen LogP contribution in [-0.4, -0.2) is 54.3 Å². The van der Waals surface area contributed by atoms with Gasteiger partial charge in [-0.05, 0) is 56.6 Å². The van der Waals surface area contributed by atoms with Gasteiger partial charge in [0.2, 0.25) is 5.88 Å². The average molecular weight is 355 g/mol. The van der Waals surface area contributed by atoms with Crippen LogP contribution in [0.15, 0.2) is 36.7 Å². The van der Waals surface area contributed by atoms with Gasteiger partial charge in [0.25, 0.3) is 0 Å². The van der Waals surface area contributed by atoms with E-state index in [1.807, 2.05) is 24.3 Å². The maximum Gasteiger partial charge on any atom is 0.241 e. The Kier molecular flexibility index (Phi) is 5.32. The Labute approximate surface area is 154 Å². The fraction of sp³-hybridized carbons (Fsp3) is 0.500. The minimum absolute atomic E-state index is 0.385. The van der Waals surface area contributed by atoms with Gasteiger partial charge in [-0.15, -0.1) is 0 Å². The molecule has 2 aliphatic heterocycles. The summed E-state index contributed by atoms with van der Waals surface area (Å²) in [6.07, 6.45) is 6.75. The van der Waals surface area contributed by atoms with E-state index in [4.69, 9.17) is 14.2 Å². The topological polar surface area (TPSA) is 56.7 Å². The van der Waals surface area contributed by atoms with Gasteiger partial charge >= 0.3 is 0 Å². The molecule has 0 saturated carbocycles. The number of nitrogens with zero attached hydrogens (tertiary/aromatic N) is 3. The Morgan fingerprint density at radius 2 is 1.73 bits per heavy atom. The number of ether oxygens (including phenoxy) is 3. The summed E-state index contributed by atoms with van der Waals surface area (Å²) < 4.78 is 16.8. The van der Waals surface area contributed by atoms with Crippen molar-refractivity contribution < 1.29 is 14.2 Å². The molecule has 0 radical (unpaired) electrons. The highest BCUT2D eigenvalue weighted by Gasteiger charge is 2.30. The van der Waals surface area contributed by atoms with Gasteiger partial charge in [0.1, 0.15) is 17.2 Å². The lowest BCUT2D eigenvalue weighted by atomic mass is 9.92. The maximum absolute atomic E-state index is 6.03. The number of hydrogen-bond donors (Lipinski definition) is 0. The molecule has 0 bridgehead atoms.